The molecule has 0 bridgehead atoms. The molecule has 1 aromatic heterocycles. The van der Waals surface area contributed by atoms with E-state index in [0.717, 1.165) is 30.0 Å². The molecule has 1 saturated heterocycles. The van der Waals surface area contributed by atoms with Crippen LogP contribution in [0.2, 0.25) is 0 Å². The molecule has 3 heterocycles. The molecule has 9 nitrogen and oxygen atoms in total. The summed E-state index contributed by atoms with van der Waals surface area (Å²) < 4.78 is 16.1. The van der Waals surface area contributed by atoms with Gasteiger partial charge in [0, 0.05) is 3.57 Å². The number of halogens is 1. The smallest absolute Gasteiger partial charge is 0.328 e. The van der Waals surface area contributed by atoms with E-state index >= 15 is 0 Å². The third-order valence-electron chi connectivity index (χ3n) is 4.04. The number of fused-ring (bicyclic) bond motifs is 1. The van der Waals surface area contributed by atoms with E-state index in [0.29, 0.717) is 5.56 Å². The lowest BCUT2D eigenvalue weighted by Gasteiger charge is -2.24. The molecule has 1 unspecified atom stereocenters. The van der Waals surface area contributed by atoms with Crippen molar-refractivity contribution in [3.63, 3.8) is 0 Å². The van der Waals surface area contributed by atoms with Gasteiger partial charge in [0.15, 0.2) is 0 Å². The molecule has 0 radical (unpaired) electrons. The van der Waals surface area contributed by atoms with Crippen molar-refractivity contribution in [1.82, 2.24) is 9.97 Å². The summed E-state index contributed by atoms with van der Waals surface area (Å²) in [6.07, 6.45) is 0. The van der Waals surface area contributed by atoms with E-state index in [-0.39, 0.29) is 22.9 Å². The van der Waals surface area contributed by atoms with E-state index in [9.17, 15) is 14.9 Å². The molecular weight excluding hydrogens is 479 g/mol. The molecule has 10 heteroatoms. The number of benzene rings is 1. The Kier molecular flexibility index (Phi) is 6.50. The summed E-state index contributed by atoms with van der Waals surface area (Å²) in [6, 6.07) is 9.32. The third kappa shape index (κ3) is 4.44. The van der Waals surface area contributed by atoms with E-state index in [1.807, 2.05) is 24.3 Å². The molecule has 28 heavy (non-hydrogen) atoms. The summed E-state index contributed by atoms with van der Waals surface area (Å²) in [6.45, 7) is 3.11. The number of aromatic amines is 2. The van der Waals surface area contributed by atoms with E-state index in [4.69, 9.17) is 19.9 Å². The topological polar surface area (TPSA) is 143 Å². The first-order valence-electron chi connectivity index (χ1n) is 8.36. The van der Waals surface area contributed by atoms with Crippen LogP contribution in [-0.4, -0.2) is 36.4 Å². The molecule has 0 aliphatic carbocycles. The molecule has 4 N–H and O–H groups in total. The maximum atomic E-state index is 12.2. The van der Waals surface area contributed by atoms with Gasteiger partial charge in [0.05, 0.1) is 37.9 Å². The lowest BCUT2D eigenvalue weighted by Crippen LogP contribution is -2.33. The number of hydrogen-bond donors (Lipinski definition) is 3. The standard InChI is InChI=1S/C14H9IN4O3.C4H8O2/c15-7-3-1-2-6(4-7)9-8(5-16)11(17)22-13-10(9)12(20)18-14(21)19-13;1-2-6-4-3-5-1/h1-4,9H,17H2,(H2,18,19,20,21);1-4H2. The number of rotatable bonds is 1. The maximum Gasteiger partial charge on any atom is 0.328 e. The van der Waals surface area contributed by atoms with Crippen LogP contribution >= 0.6 is 22.6 Å². The molecule has 0 spiro atoms. The number of hydrogen-bond acceptors (Lipinski definition) is 7. The van der Waals surface area contributed by atoms with Gasteiger partial charge >= 0.3 is 5.69 Å². The fourth-order valence-electron chi connectivity index (χ4n) is 2.85. The Morgan fingerprint density at radius 1 is 1.14 bits per heavy atom. The lowest BCUT2D eigenvalue weighted by atomic mass is 9.85. The summed E-state index contributed by atoms with van der Waals surface area (Å²) in [5.74, 6) is -0.849. The number of nitrogens with zero attached hydrogens (tertiary/aromatic N) is 1. The fourth-order valence-corrected chi connectivity index (χ4v) is 3.42. The largest absolute Gasteiger partial charge is 0.424 e. The number of allylic oxidation sites excluding steroid dienone is 1. The van der Waals surface area contributed by atoms with Crippen LogP contribution in [0.4, 0.5) is 0 Å². The minimum atomic E-state index is -0.696. The second-order valence-corrected chi connectivity index (χ2v) is 7.10. The second-order valence-electron chi connectivity index (χ2n) is 5.86. The number of nitriles is 1. The van der Waals surface area contributed by atoms with Gasteiger partial charge in [-0.25, -0.2) is 4.79 Å². The zero-order chi connectivity index (χ0) is 20.1. The minimum Gasteiger partial charge on any atom is -0.424 e. The molecule has 4 rings (SSSR count). The molecule has 0 amide bonds. The highest BCUT2D eigenvalue weighted by Gasteiger charge is 2.34. The summed E-state index contributed by atoms with van der Waals surface area (Å²) >= 11 is 2.13. The van der Waals surface area contributed by atoms with Crippen LogP contribution in [0.1, 0.15) is 17.0 Å². The maximum absolute atomic E-state index is 12.2. The van der Waals surface area contributed by atoms with Crippen molar-refractivity contribution in [3.8, 4) is 11.9 Å². The Bertz CT molecular complexity index is 1040. The van der Waals surface area contributed by atoms with Crippen molar-refractivity contribution < 1.29 is 14.2 Å². The predicted molar refractivity (Wildman–Crippen MR) is 108 cm³/mol. The number of ether oxygens (including phenoxy) is 3. The number of nitrogens with two attached hydrogens (primary N) is 1. The van der Waals surface area contributed by atoms with Crippen LogP contribution < -0.4 is 21.7 Å². The lowest BCUT2D eigenvalue weighted by molar-refractivity contribution is -0.0334. The molecule has 2 aliphatic heterocycles. The average Bonchev–Trinajstić information content (AvgIpc) is 2.68. The van der Waals surface area contributed by atoms with Gasteiger partial charge in [-0.2, -0.15) is 5.26 Å². The fraction of sp³-hybridized carbons (Fsp3) is 0.278. The molecule has 0 saturated carbocycles. The highest BCUT2D eigenvalue weighted by atomic mass is 127. The van der Waals surface area contributed by atoms with Crippen molar-refractivity contribution in [2.24, 2.45) is 5.73 Å². The Labute approximate surface area is 173 Å². The van der Waals surface area contributed by atoms with Crippen molar-refractivity contribution in [1.29, 1.82) is 5.26 Å². The Hall–Kier alpha value is -2.62. The zero-order valence-corrected chi connectivity index (χ0v) is 16.8. The molecule has 1 aromatic carbocycles. The summed E-state index contributed by atoms with van der Waals surface area (Å²) in [5.41, 5.74) is 5.47. The van der Waals surface area contributed by atoms with Gasteiger partial charge in [0.1, 0.15) is 11.6 Å². The third-order valence-corrected chi connectivity index (χ3v) is 4.72. The minimum absolute atomic E-state index is 0.0332. The van der Waals surface area contributed by atoms with Gasteiger partial charge in [-0.3, -0.25) is 14.8 Å². The summed E-state index contributed by atoms with van der Waals surface area (Å²) in [5, 5.41) is 9.38. The first-order valence-corrected chi connectivity index (χ1v) is 9.44. The Balaban J connectivity index is 0.000000320. The van der Waals surface area contributed by atoms with Crippen molar-refractivity contribution in [2.45, 2.75) is 5.92 Å². The van der Waals surface area contributed by atoms with E-state index < -0.39 is 17.2 Å². The van der Waals surface area contributed by atoms with Gasteiger partial charge in [-0.15, -0.1) is 0 Å². The van der Waals surface area contributed by atoms with Crippen molar-refractivity contribution in [3.05, 3.63) is 71.3 Å². The van der Waals surface area contributed by atoms with Crippen LogP contribution in [-0.2, 0) is 9.47 Å². The number of nitrogens with one attached hydrogen (secondary N) is 2. The molecule has 1 atom stereocenters. The van der Waals surface area contributed by atoms with E-state index in [2.05, 4.69) is 32.6 Å². The SMILES string of the molecule is C1COCCO1.N#CC1=C(N)Oc2[nH]c(=O)[nH]c(=O)c2C1c1cccc(I)c1. The van der Waals surface area contributed by atoms with Crippen LogP contribution in [0.5, 0.6) is 5.88 Å². The first kappa shape index (κ1) is 20.1. The molecular formula is C18H17IN4O5. The second kappa shape index (κ2) is 9.05. The van der Waals surface area contributed by atoms with E-state index in [1.165, 1.54) is 0 Å². The number of aromatic nitrogens is 2. The first-order chi connectivity index (χ1) is 13.5. The van der Waals surface area contributed by atoms with Gasteiger partial charge < -0.3 is 19.9 Å². The van der Waals surface area contributed by atoms with Gasteiger partial charge in [0.25, 0.3) is 5.56 Å². The Morgan fingerprint density at radius 2 is 1.82 bits per heavy atom. The van der Waals surface area contributed by atoms with Crippen LogP contribution in [0.25, 0.3) is 0 Å². The average molecular weight is 496 g/mol. The molecule has 1 fully saturated rings. The highest BCUT2D eigenvalue weighted by molar-refractivity contribution is 14.1. The van der Waals surface area contributed by atoms with Gasteiger partial charge in [-0.1, -0.05) is 12.1 Å². The van der Waals surface area contributed by atoms with Crippen molar-refractivity contribution in [2.75, 3.05) is 26.4 Å². The predicted octanol–water partition coefficient (Wildman–Crippen LogP) is 0.919. The molecule has 2 aliphatic rings. The van der Waals surface area contributed by atoms with Gasteiger partial charge in [-0.05, 0) is 40.3 Å². The highest BCUT2D eigenvalue weighted by Crippen LogP contribution is 2.38. The van der Waals surface area contributed by atoms with Crippen molar-refractivity contribution >= 4 is 22.6 Å². The molecule has 2 aromatic rings. The summed E-state index contributed by atoms with van der Waals surface area (Å²) in [4.78, 5) is 28.1. The Morgan fingerprint density at radius 3 is 2.39 bits per heavy atom. The van der Waals surface area contributed by atoms with Gasteiger partial charge in [0.2, 0.25) is 11.8 Å². The summed E-state index contributed by atoms with van der Waals surface area (Å²) in [7, 11) is 0. The van der Waals surface area contributed by atoms with Crippen LogP contribution in [0, 0.1) is 14.9 Å². The number of H-pyrrole nitrogens is 2. The van der Waals surface area contributed by atoms with Crippen LogP contribution in [0.15, 0.2) is 45.3 Å². The molecule has 146 valence electrons. The monoisotopic (exact) mass is 496 g/mol. The van der Waals surface area contributed by atoms with Crippen LogP contribution in [0.3, 0.4) is 0 Å². The quantitative estimate of drug-likeness (QED) is 0.499. The van der Waals surface area contributed by atoms with E-state index in [1.54, 1.807) is 6.07 Å². The zero-order valence-electron chi connectivity index (χ0n) is 14.7. The normalized spacial score (nSPS) is 18.2.